The Bertz CT molecular complexity index is 1330. The molecule has 0 aliphatic heterocycles. The van der Waals surface area contributed by atoms with Crippen molar-refractivity contribution < 1.29 is 9.18 Å². The predicted octanol–water partition coefficient (Wildman–Crippen LogP) is 21.4. The maximum Gasteiger partial charge on any atom is 0.162 e. The van der Waals surface area contributed by atoms with E-state index < -0.39 is 0 Å². The summed E-state index contributed by atoms with van der Waals surface area (Å²) in [5, 5.41) is 1.89. The molecule has 0 heterocycles. The van der Waals surface area contributed by atoms with E-state index in [1.807, 2.05) is 45.5 Å². The summed E-state index contributed by atoms with van der Waals surface area (Å²) in [6.45, 7) is 31.7. The molecule has 0 aromatic heterocycles. The van der Waals surface area contributed by atoms with Gasteiger partial charge < -0.3 is 5.73 Å². The van der Waals surface area contributed by atoms with Gasteiger partial charge in [-0.1, -0.05) is 237 Å². The van der Waals surface area contributed by atoms with Gasteiger partial charge >= 0.3 is 0 Å². The number of hydrogen-bond acceptors (Lipinski definition) is 2. The zero-order valence-corrected chi connectivity index (χ0v) is 47.2. The smallest absolute Gasteiger partial charge is 0.162 e. The Labute approximate surface area is 409 Å². The van der Waals surface area contributed by atoms with E-state index in [0.717, 1.165) is 34.4 Å². The van der Waals surface area contributed by atoms with Crippen molar-refractivity contribution in [3.8, 4) is 0 Å². The summed E-state index contributed by atoms with van der Waals surface area (Å²) >= 11 is 0. The van der Waals surface area contributed by atoms with Crippen LogP contribution in [0.25, 0.3) is 0 Å². The Hall–Kier alpha value is -1.83. The van der Waals surface area contributed by atoms with Crippen LogP contribution in [0, 0.1) is 25.1 Å². The van der Waals surface area contributed by atoms with E-state index in [9.17, 15) is 9.18 Å². The van der Waals surface area contributed by atoms with Crippen LogP contribution in [0.15, 0.2) is 53.4 Å². The number of aryl methyl sites for hydroxylation is 1. The number of ketones is 1. The van der Waals surface area contributed by atoms with E-state index in [1.165, 1.54) is 196 Å². The van der Waals surface area contributed by atoms with Gasteiger partial charge in [0.2, 0.25) is 0 Å². The number of Topliss-reactive ketones (excluding diaryl/α,β-unsaturated/α-hetero) is 1. The predicted molar refractivity (Wildman–Crippen MR) is 298 cm³/mol. The van der Waals surface area contributed by atoms with E-state index in [0.29, 0.717) is 23.3 Å². The zero-order chi connectivity index (χ0) is 49.6. The van der Waals surface area contributed by atoms with Gasteiger partial charge in [-0.05, 0) is 136 Å². The van der Waals surface area contributed by atoms with Crippen molar-refractivity contribution in [2.24, 2.45) is 11.1 Å². The number of rotatable bonds is 31. The van der Waals surface area contributed by atoms with Crippen LogP contribution < -0.4 is 5.73 Å². The summed E-state index contributed by atoms with van der Waals surface area (Å²) in [6, 6.07) is 12.6. The van der Waals surface area contributed by atoms with Crippen molar-refractivity contribution in [3.05, 3.63) is 81.4 Å². The Morgan fingerprint density at radius 3 is 1.46 bits per heavy atom. The van der Waals surface area contributed by atoms with Gasteiger partial charge in [-0.15, -0.1) is 0 Å². The van der Waals surface area contributed by atoms with E-state index >= 15 is 0 Å². The molecule has 2 unspecified atom stereocenters. The van der Waals surface area contributed by atoms with Crippen LogP contribution in [0.2, 0.25) is 0 Å². The first kappa shape index (κ1) is 67.4. The molecular formula is C61H113FNOP. The highest BCUT2D eigenvalue weighted by Crippen LogP contribution is 2.47. The largest absolute Gasteiger partial charge is 0.330 e. The van der Waals surface area contributed by atoms with Gasteiger partial charge in [0.15, 0.2) is 5.78 Å². The molecule has 1 aliphatic rings. The van der Waals surface area contributed by atoms with Crippen LogP contribution in [-0.2, 0) is 0 Å². The number of halogens is 1. The van der Waals surface area contributed by atoms with Crippen LogP contribution in [0.4, 0.5) is 4.39 Å². The molecule has 2 N–H and O–H groups in total. The molecule has 2 nitrogen and oxygen atoms in total. The van der Waals surface area contributed by atoms with Crippen molar-refractivity contribution in [2.75, 3.05) is 12.7 Å². The molecule has 0 amide bonds. The summed E-state index contributed by atoms with van der Waals surface area (Å²) in [4.78, 5) is 11.4. The second-order valence-corrected chi connectivity index (χ2v) is 20.2. The topological polar surface area (TPSA) is 43.1 Å². The number of hydrogen-bond donors (Lipinski definition) is 1. The van der Waals surface area contributed by atoms with Gasteiger partial charge in [0.05, 0.1) is 0 Å². The third-order valence-corrected chi connectivity index (χ3v) is 14.2. The van der Waals surface area contributed by atoms with Crippen molar-refractivity contribution >= 4 is 14.4 Å². The average Bonchev–Trinajstić information content (AvgIpc) is 4.18. The number of nitrogens with two attached hydrogens (primary N) is 1. The summed E-state index contributed by atoms with van der Waals surface area (Å²) < 4.78 is 12.5. The zero-order valence-electron chi connectivity index (χ0n) is 46.2. The first-order valence-corrected chi connectivity index (χ1v) is 29.2. The number of benzene rings is 2. The molecular weight excluding hydrogens is 813 g/mol. The van der Waals surface area contributed by atoms with Crippen molar-refractivity contribution in [1.29, 1.82) is 0 Å². The fourth-order valence-electron chi connectivity index (χ4n) is 7.95. The maximum absolute atomic E-state index is 12.5. The minimum atomic E-state index is -0.299. The highest BCUT2D eigenvalue weighted by molar-refractivity contribution is 7.43. The summed E-state index contributed by atoms with van der Waals surface area (Å²) in [5.74, 6) is 0.466. The van der Waals surface area contributed by atoms with Crippen LogP contribution in [0.3, 0.4) is 0 Å². The molecule has 2 aromatic rings. The minimum absolute atomic E-state index is 0.0989. The van der Waals surface area contributed by atoms with Gasteiger partial charge in [-0.25, -0.2) is 4.39 Å². The second kappa shape index (κ2) is 48.6. The van der Waals surface area contributed by atoms with Crippen LogP contribution in [-0.4, -0.2) is 18.5 Å². The first-order valence-electron chi connectivity index (χ1n) is 28.0. The molecule has 4 heteroatoms. The number of carbonyl (C=O) groups excluding carboxylic acids is 1. The summed E-state index contributed by atoms with van der Waals surface area (Å²) in [6.07, 6.45) is 39.3. The van der Waals surface area contributed by atoms with E-state index in [2.05, 4.69) is 80.5 Å². The molecule has 0 bridgehead atoms. The maximum atomic E-state index is 12.5. The quantitative estimate of drug-likeness (QED) is 0.0465. The Balaban J connectivity index is -0.00000125. The van der Waals surface area contributed by atoms with Crippen molar-refractivity contribution in [3.63, 3.8) is 0 Å². The molecule has 1 saturated carbocycles. The molecule has 3 rings (SSSR count). The monoisotopic (exact) mass is 926 g/mol. The summed E-state index contributed by atoms with van der Waals surface area (Å²) in [5.41, 5.74) is 12.4. The van der Waals surface area contributed by atoms with Crippen LogP contribution in [0.1, 0.15) is 296 Å². The van der Waals surface area contributed by atoms with E-state index in [4.69, 9.17) is 5.73 Å². The summed E-state index contributed by atoms with van der Waals surface area (Å²) in [7, 11) is 1.08. The number of allylic oxidation sites excluding steroid dienone is 2. The van der Waals surface area contributed by atoms with Gasteiger partial charge in [0, 0.05) is 12.0 Å². The molecule has 380 valence electrons. The SMILES string of the molecule is CC.CC.CCCC.CCCCC(=O)c1ccc(F)cc1.CCCCCCCCCCCCCCCCCCCC(PCCC(C)(C)C(CC)c1cccc(C)c1C)=C1CC1.CCCN. The molecule has 65 heavy (non-hydrogen) atoms. The van der Waals surface area contributed by atoms with Crippen molar-refractivity contribution in [1.82, 2.24) is 0 Å². The van der Waals surface area contributed by atoms with Gasteiger partial charge in [-0.3, -0.25) is 4.79 Å². The highest BCUT2D eigenvalue weighted by atomic mass is 31.1. The molecule has 2 aromatic carbocycles. The molecule has 1 fully saturated rings. The van der Waals surface area contributed by atoms with Gasteiger partial charge in [0.25, 0.3) is 0 Å². The van der Waals surface area contributed by atoms with Gasteiger partial charge in [0.1, 0.15) is 5.82 Å². The second-order valence-electron chi connectivity index (χ2n) is 18.7. The Morgan fingerprint density at radius 2 is 1.06 bits per heavy atom. The molecule has 0 spiro atoms. The average molecular weight is 927 g/mol. The molecule has 2 atom stereocenters. The third-order valence-electron chi connectivity index (χ3n) is 12.7. The lowest BCUT2D eigenvalue weighted by molar-refractivity contribution is 0.0979. The lowest BCUT2D eigenvalue weighted by Crippen LogP contribution is -2.23. The normalized spacial score (nSPS) is 12.0. The molecule has 0 saturated heterocycles. The fraction of sp³-hybridized carbons (Fsp3) is 0.754. The van der Waals surface area contributed by atoms with Crippen molar-refractivity contribution in [2.45, 2.75) is 283 Å². The lowest BCUT2D eigenvalue weighted by atomic mass is 9.70. The fourth-order valence-corrected chi connectivity index (χ4v) is 9.88. The van der Waals surface area contributed by atoms with Gasteiger partial charge in [-0.2, -0.15) is 0 Å². The van der Waals surface area contributed by atoms with E-state index in [-0.39, 0.29) is 11.6 Å². The molecule has 0 radical (unpaired) electrons. The van der Waals surface area contributed by atoms with Crippen LogP contribution in [0.5, 0.6) is 0 Å². The minimum Gasteiger partial charge on any atom is -0.330 e. The van der Waals surface area contributed by atoms with E-state index in [1.54, 1.807) is 5.56 Å². The first-order chi connectivity index (χ1) is 31.5. The highest BCUT2D eigenvalue weighted by Gasteiger charge is 2.30. The number of unbranched alkanes of at least 4 members (excludes halogenated alkanes) is 18. The standard InChI is InChI=1S/C39H69P.C11H13FO.C4H10.C3H9N.2C2H6/c1-7-9-10-11-12-13-14-15-16-17-18-19-20-21-22-23-24-28-38(35-29-30-35)40-32-31-39(5,6)37(8-2)36-27-25-26-33(3)34(36)4;1-2-3-4-11(13)9-5-7-10(12)8-6-9;1-3-4-2;1-2-3-4;2*1-2/h25-27,37,40H,7-24,28-32H2,1-6H3;5-8H,2-4H2,1H3;3-4H2,1-2H3;2-4H2,1H3;2*1-2H3. The van der Waals surface area contributed by atoms with Crippen LogP contribution >= 0.6 is 8.58 Å². The molecule has 1 aliphatic carbocycles. The lowest BCUT2D eigenvalue weighted by Gasteiger charge is -2.36. The Kier molecular flexibility index (Phi) is 50.4. The number of carbonyl (C=O) groups is 1. The third kappa shape index (κ3) is 37.8. The Morgan fingerprint density at radius 1 is 0.615 bits per heavy atom.